The van der Waals surface area contributed by atoms with E-state index in [1.54, 1.807) is 0 Å². The Kier molecular flexibility index (Phi) is 5.18. The number of carbonyl (C=O) groups excluding carboxylic acids is 1. The van der Waals surface area contributed by atoms with Gasteiger partial charge >= 0.3 is 0 Å². The molecule has 1 aromatic rings. The van der Waals surface area contributed by atoms with Gasteiger partial charge in [-0.15, -0.1) is 0 Å². The highest BCUT2D eigenvalue weighted by Crippen LogP contribution is 2.12. The molecule has 0 saturated carbocycles. The van der Waals surface area contributed by atoms with E-state index < -0.39 is 0 Å². The lowest BCUT2D eigenvalue weighted by Gasteiger charge is -2.13. The SMILES string of the molecule is CCOCC(C)NC(=O)c1cc(N)nc(Cl)c1. The second-order valence-corrected chi connectivity index (χ2v) is 4.02. The first kappa shape index (κ1) is 13.7. The number of amides is 1. The van der Waals surface area contributed by atoms with Crippen LogP contribution in [0.4, 0.5) is 5.82 Å². The van der Waals surface area contributed by atoms with Crippen molar-refractivity contribution in [1.82, 2.24) is 10.3 Å². The number of ether oxygens (including phenoxy) is 1. The molecular formula is C11H16ClN3O2. The zero-order valence-electron chi connectivity index (χ0n) is 9.87. The smallest absolute Gasteiger partial charge is 0.251 e. The molecule has 17 heavy (non-hydrogen) atoms. The average molecular weight is 258 g/mol. The molecule has 1 aromatic heterocycles. The highest BCUT2D eigenvalue weighted by atomic mass is 35.5. The Hall–Kier alpha value is -1.33. The van der Waals surface area contributed by atoms with Crippen LogP contribution in [0, 0.1) is 0 Å². The summed E-state index contributed by atoms with van der Waals surface area (Å²) in [6.07, 6.45) is 0. The minimum Gasteiger partial charge on any atom is -0.384 e. The molecule has 0 fully saturated rings. The second kappa shape index (κ2) is 6.42. The minimum atomic E-state index is -0.242. The van der Waals surface area contributed by atoms with Gasteiger partial charge in [-0.1, -0.05) is 11.6 Å². The van der Waals surface area contributed by atoms with Crippen LogP contribution in [0.2, 0.25) is 5.15 Å². The van der Waals surface area contributed by atoms with Crippen LogP contribution in [-0.2, 0) is 4.74 Å². The first-order chi connectivity index (χ1) is 8.02. The molecule has 0 bridgehead atoms. The fraction of sp³-hybridized carbons (Fsp3) is 0.455. The Labute approximate surface area is 105 Å². The van der Waals surface area contributed by atoms with Gasteiger partial charge in [0.2, 0.25) is 0 Å². The Morgan fingerprint density at radius 1 is 1.65 bits per heavy atom. The highest BCUT2D eigenvalue weighted by Gasteiger charge is 2.11. The van der Waals surface area contributed by atoms with Crippen LogP contribution in [0.1, 0.15) is 24.2 Å². The molecule has 0 spiro atoms. The van der Waals surface area contributed by atoms with Crippen LogP contribution in [-0.4, -0.2) is 30.1 Å². The summed E-state index contributed by atoms with van der Waals surface area (Å²) in [5.41, 5.74) is 5.90. The molecule has 1 heterocycles. The van der Waals surface area contributed by atoms with Gasteiger partial charge in [-0.25, -0.2) is 4.98 Å². The number of hydrogen-bond acceptors (Lipinski definition) is 4. The largest absolute Gasteiger partial charge is 0.384 e. The number of hydrogen-bond donors (Lipinski definition) is 2. The van der Waals surface area contributed by atoms with Crippen LogP contribution in [0.5, 0.6) is 0 Å². The number of aromatic nitrogens is 1. The summed E-state index contributed by atoms with van der Waals surface area (Å²) in [7, 11) is 0. The Morgan fingerprint density at radius 2 is 2.35 bits per heavy atom. The van der Waals surface area contributed by atoms with Gasteiger partial charge < -0.3 is 15.8 Å². The zero-order chi connectivity index (χ0) is 12.8. The van der Waals surface area contributed by atoms with E-state index in [4.69, 9.17) is 22.1 Å². The van der Waals surface area contributed by atoms with Crippen LogP contribution in [0.15, 0.2) is 12.1 Å². The number of nitrogens with one attached hydrogen (secondary N) is 1. The lowest BCUT2D eigenvalue weighted by molar-refractivity contribution is 0.0872. The number of pyridine rings is 1. The van der Waals surface area contributed by atoms with Crippen molar-refractivity contribution in [3.05, 3.63) is 22.8 Å². The summed E-state index contributed by atoms with van der Waals surface area (Å²) in [5.74, 6) is -0.0201. The van der Waals surface area contributed by atoms with Crippen molar-refractivity contribution >= 4 is 23.3 Å². The molecule has 6 heteroatoms. The fourth-order valence-corrected chi connectivity index (χ4v) is 1.51. The van der Waals surface area contributed by atoms with Crippen molar-refractivity contribution in [2.45, 2.75) is 19.9 Å². The molecular weight excluding hydrogens is 242 g/mol. The molecule has 1 rings (SSSR count). The van der Waals surface area contributed by atoms with Gasteiger partial charge in [-0.05, 0) is 26.0 Å². The standard InChI is InChI=1S/C11H16ClN3O2/c1-3-17-6-7(2)14-11(16)8-4-9(12)15-10(13)5-8/h4-5,7H,3,6H2,1-2H3,(H2,13,15)(H,14,16). The van der Waals surface area contributed by atoms with E-state index in [0.717, 1.165) is 0 Å². The molecule has 5 nitrogen and oxygen atoms in total. The quantitative estimate of drug-likeness (QED) is 0.783. The number of rotatable bonds is 5. The van der Waals surface area contributed by atoms with E-state index >= 15 is 0 Å². The van der Waals surface area contributed by atoms with Crippen molar-refractivity contribution in [2.24, 2.45) is 0 Å². The number of nitrogens with two attached hydrogens (primary N) is 1. The maximum absolute atomic E-state index is 11.8. The van der Waals surface area contributed by atoms with Crippen LogP contribution in [0.3, 0.4) is 0 Å². The Morgan fingerprint density at radius 3 is 2.94 bits per heavy atom. The van der Waals surface area contributed by atoms with Gasteiger partial charge in [-0.3, -0.25) is 4.79 Å². The van der Waals surface area contributed by atoms with Crippen molar-refractivity contribution in [2.75, 3.05) is 18.9 Å². The third-order valence-electron chi connectivity index (χ3n) is 2.03. The monoisotopic (exact) mass is 257 g/mol. The Bertz CT molecular complexity index is 378. The van der Waals surface area contributed by atoms with Crippen LogP contribution < -0.4 is 11.1 Å². The van der Waals surface area contributed by atoms with Gasteiger partial charge in [0.1, 0.15) is 11.0 Å². The van der Waals surface area contributed by atoms with E-state index in [9.17, 15) is 4.79 Å². The first-order valence-corrected chi connectivity index (χ1v) is 5.72. The summed E-state index contributed by atoms with van der Waals surface area (Å²) in [5, 5.41) is 2.98. The van der Waals surface area contributed by atoms with E-state index in [0.29, 0.717) is 18.8 Å². The number of carbonyl (C=O) groups is 1. The fourth-order valence-electron chi connectivity index (χ4n) is 1.29. The number of anilines is 1. The highest BCUT2D eigenvalue weighted by molar-refractivity contribution is 6.29. The van der Waals surface area contributed by atoms with E-state index in [2.05, 4.69) is 10.3 Å². The van der Waals surface area contributed by atoms with Crippen molar-refractivity contribution in [3.8, 4) is 0 Å². The van der Waals surface area contributed by atoms with E-state index in [-0.39, 0.29) is 22.9 Å². The predicted octanol–water partition coefficient (Wildman–Crippen LogP) is 1.47. The summed E-state index contributed by atoms with van der Waals surface area (Å²) >= 11 is 5.72. The first-order valence-electron chi connectivity index (χ1n) is 5.34. The number of nitrogen functional groups attached to an aromatic ring is 1. The Balaban J connectivity index is 2.63. The summed E-state index contributed by atoms with van der Waals surface area (Å²) in [6, 6.07) is 2.88. The molecule has 1 atom stereocenters. The summed E-state index contributed by atoms with van der Waals surface area (Å²) < 4.78 is 5.20. The number of nitrogens with zero attached hydrogens (tertiary/aromatic N) is 1. The van der Waals surface area contributed by atoms with Crippen LogP contribution in [0.25, 0.3) is 0 Å². The summed E-state index contributed by atoms with van der Waals surface area (Å²) in [6.45, 7) is 4.85. The van der Waals surface area contributed by atoms with Crippen molar-refractivity contribution in [3.63, 3.8) is 0 Å². The second-order valence-electron chi connectivity index (χ2n) is 3.64. The maximum Gasteiger partial charge on any atom is 0.251 e. The molecule has 0 aliphatic rings. The lowest BCUT2D eigenvalue weighted by atomic mass is 10.2. The predicted molar refractivity (Wildman–Crippen MR) is 67.1 cm³/mol. The van der Waals surface area contributed by atoms with E-state index in [1.165, 1.54) is 12.1 Å². The zero-order valence-corrected chi connectivity index (χ0v) is 10.6. The maximum atomic E-state index is 11.8. The van der Waals surface area contributed by atoms with Gasteiger partial charge in [0.25, 0.3) is 5.91 Å². The third-order valence-corrected chi connectivity index (χ3v) is 2.22. The topological polar surface area (TPSA) is 77.2 Å². The molecule has 0 aliphatic heterocycles. The van der Waals surface area contributed by atoms with Gasteiger partial charge in [0, 0.05) is 18.2 Å². The lowest BCUT2D eigenvalue weighted by Crippen LogP contribution is -2.36. The van der Waals surface area contributed by atoms with Gasteiger partial charge in [0.05, 0.1) is 6.61 Å². The normalized spacial score (nSPS) is 12.2. The van der Waals surface area contributed by atoms with Crippen molar-refractivity contribution < 1.29 is 9.53 Å². The number of halogens is 1. The molecule has 0 aromatic carbocycles. The van der Waals surface area contributed by atoms with Gasteiger partial charge in [-0.2, -0.15) is 0 Å². The molecule has 3 N–H and O–H groups in total. The van der Waals surface area contributed by atoms with Crippen LogP contribution >= 0.6 is 11.6 Å². The third kappa shape index (κ3) is 4.58. The average Bonchev–Trinajstić information content (AvgIpc) is 2.25. The minimum absolute atomic E-state index is 0.0735. The molecule has 0 radical (unpaired) electrons. The summed E-state index contributed by atoms with van der Waals surface area (Å²) in [4.78, 5) is 15.6. The molecule has 1 unspecified atom stereocenters. The molecule has 0 aliphatic carbocycles. The van der Waals surface area contributed by atoms with Gasteiger partial charge in [0.15, 0.2) is 0 Å². The molecule has 1 amide bonds. The molecule has 94 valence electrons. The van der Waals surface area contributed by atoms with E-state index in [1.807, 2.05) is 13.8 Å². The van der Waals surface area contributed by atoms with Crippen molar-refractivity contribution in [1.29, 1.82) is 0 Å². The molecule has 0 saturated heterocycles.